The first-order valence-electron chi connectivity index (χ1n) is 6.38. The van der Waals surface area contributed by atoms with Gasteiger partial charge in [-0.05, 0) is 32.1 Å². The zero-order valence-electron chi connectivity index (χ0n) is 10.9. The van der Waals surface area contributed by atoms with Crippen LogP contribution in [0.3, 0.4) is 0 Å². The lowest BCUT2D eigenvalue weighted by Gasteiger charge is -2.29. The van der Waals surface area contributed by atoms with Crippen LogP contribution in [0.4, 0.5) is 5.82 Å². The van der Waals surface area contributed by atoms with Crippen LogP contribution in [0.15, 0.2) is 6.33 Å². The highest BCUT2D eigenvalue weighted by atomic mass is 16.5. The monoisotopic (exact) mass is 235 g/mol. The van der Waals surface area contributed by atoms with E-state index in [1.807, 2.05) is 14.0 Å². The lowest BCUT2D eigenvalue weighted by atomic mass is 9.88. The van der Waals surface area contributed by atoms with Gasteiger partial charge in [-0.2, -0.15) is 0 Å². The fourth-order valence-electron chi connectivity index (χ4n) is 2.41. The van der Waals surface area contributed by atoms with Crippen LogP contribution in [0.25, 0.3) is 0 Å². The molecule has 1 aliphatic carbocycles. The number of nitrogens with zero attached hydrogens (tertiary/aromatic N) is 2. The average molecular weight is 235 g/mol. The number of hydrogen-bond donors (Lipinski definition) is 1. The summed E-state index contributed by atoms with van der Waals surface area (Å²) in [5.74, 6) is 2.19. The molecule has 0 aromatic carbocycles. The number of hydrogen-bond acceptors (Lipinski definition) is 4. The normalized spacial score (nSPS) is 24.4. The molecule has 4 nitrogen and oxygen atoms in total. The molecule has 94 valence electrons. The standard InChI is InChI=1S/C13H21N3O/c1-9-6-4-5-7-11(9)17-13-10(2)12(14-3)15-8-16-13/h8-9,11H,4-7H2,1-3H3,(H,14,15,16). The molecule has 4 heteroatoms. The summed E-state index contributed by atoms with van der Waals surface area (Å²) in [4.78, 5) is 8.41. The number of anilines is 1. The van der Waals surface area contributed by atoms with Crippen molar-refractivity contribution < 1.29 is 4.74 Å². The Morgan fingerprint density at radius 1 is 1.29 bits per heavy atom. The van der Waals surface area contributed by atoms with Crippen molar-refractivity contribution in [2.24, 2.45) is 5.92 Å². The molecule has 1 heterocycles. The molecule has 0 amide bonds. The highest BCUT2D eigenvalue weighted by Gasteiger charge is 2.24. The Hall–Kier alpha value is -1.32. The van der Waals surface area contributed by atoms with Crippen molar-refractivity contribution in [2.75, 3.05) is 12.4 Å². The van der Waals surface area contributed by atoms with Crippen molar-refractivity contribution in [3.63, 3.8) is 0 Å². The van der Waals surface area contributed by atoms with E-state index < -0.39 is 0 Å². The van der Waals surface area contributed by atoms with Crippen molar-refractivity contribution in [2.45, 2.75) is 45.6 Å². The molecule has 2 rings (SSSR count). The van der Waals surface area contributed by atoms with Gasteiger partial charge in [-0.15, -0.1) is 0 Å². The maximum atomic E-state index is 6.05. The van der Waals surface area contributed by atoms with Crippen LogP contribution in [0, 0.1) is 12.8 Å². The van der Waals surface area contributed by atoms with Gasteiger partial charge in [0.25, 0.3) is 0 Å². The van der Waals surface area contributed by atoms with Gasteiger partial charge in [-0.3, -0.25) is 0 Å². The first kappa shape index (κ1) is 12.1. The summed E-state index contributed by atoms with van der Waals surface area (Å²) in [6.45, 7) is 4.26. The molecular weight excluding hydrogens is 214 g/mol. The largest absolute Gasteiger partial charge is 0.474 e. The summed E-state index contributed by atoms with van der Waals surface area (Å²) in [6, 6.07) is 0. The summed E-state index contributed by atoms with van der Waals surface area (Å²) in [5.41, 5.74) is 0.993. The average Bonchev–Trinajstić information content (AvgIpc) is 2.34. The Morgan fingerprint density at radius 3 is 2.76 bits per heavy atom. The quantitative estimate of drug-likeness (QED) is 0.875. The molecular formula is C13H21N3O. The molecule has 0 bridgehead atoms. The minimum absolute atomic E-state index is 0.307. The molecule has 1 aromatic heterocycles. The van der Waals surface area contributed by atoms with Crippen molar-refractivity contribution >= 4 is 5.82 Å². The highest BCUT2D eigenvalue weighted by molar-refractivity contribution is 5.46. The van der Waals surface area contributed by atoms with Crippen LogP contribution in [-0.2, 0) is 0 Å². The molecule has 0 aliphatic heterocycles. The highest BCUT2D eigenvalue weighted by Crippen LogP contribution is 2.29. The molecule has 1 saturated carbocycles. The fraction of sp³-hybridized carbons (Fsp3) is 0.692. The molecule has 17 heavy (non-hydrogen) atoms. The molecule has 1 fully saturated rings. The van der Waals surface area contributed by atoms with E-state index in [1.54, 1.807) is 6.33 Å². The van der Waals surface area contributed by atoms with E-state index in [9.17, 15) is 0 Å². The third-order valence-electron chi connectivity index (χ3n) is 3.57. The molecule has 1 aromatic rings. The fourth-order valence-corrected chi connectivity index (χ4v) is 2.41. The zero-order chi connectivity index (χ0) is 12.3. The minimum Gasteiger partial charge on any atom is -0.474 e. The third-order valence-corrected chi connectivity index (χ3v) is 3.57. The molecule has 2 unspecified atom stereocenters. The van der Waals surface area contributed by atoms with Crippen LogP contribution < -0.4 is 10.1 Å². The van der Waals surface area contributed by atoms with Gasteiger partial charge in [0.1, 0.15) is 18.2 Å². The van der Waals surface area contributed by atoms with E-state index in [0.717, 1.165) is 23.7 Å². The van der Waals surface area contributed by atoms with Crippen molar-refractivity contribution in [1.29, 1.82) is 0 Å². The second-order valence-corrected chi connectivity index (χ2v) is 4.82. The Morgan fingerprint density at radius 2 is 2.06 bits per heavy atom. The minimum atomic E-state index is 0.307. The van der Waals surface area contributed by atoms with Crippen LogP contribution >= 0.6 is 0 Å². The Bertz CT molecular complexity index is 381. The Balaban J connectivity index is 2.12. The Kier molecular flexibility index (Phi) is 3.82. The maximum Gasteiger partial charge on any atom is 0.221 e. The van der Waals surface area contributed by atoms with Gasteiger partial charge in [-0.25, -0.2) is 9.97 Å². The SMILES string of the molecule is CNc1ncnc(OC2CCCCC2C)c1C. The summed E-state index contributed by atoms with van der Waals surface area (Å²) in [5, 5.41) is 3.05. The molecule has 0 radical (unpaired) electrons. The van der Waals surface area contributed by atoms with Crippen molar-refractivity contribution in [1.82, 2.24) is 9.97 Å². The summed E-state index contributed by atoms with van der Waals surface area (Å²) in [6.07, 6.45) is 6.85. The third kappa shape index (κ3) is 2.68. The van der Waals surface area contributed by atoms with Gasteiger partial charge in [-0.1, -0.05) is 13.3 Å². The first-order valence-corrected chi connectivity index (χ1v) is 6.38. The number of aromatic nitrogens is 2. The molecule has 1 aliphatic rings. The van der Waals surface area contributed by atoms with Crippen molar-refractivity contribution in [3.8, 4) is 5.88 Å². The molecule has 0 saturated heterocycles. The van der Waals surface area contributed by atoms with E-state index >= 15 is 0 Å². The smallest absolute Gasteiger partial charge is 0.221 e. The van der Waals surface area contributed by atoms with E-state index in [-0.39, 0.29) is 0 Å². The lowest BCUT2D eigenvalue weighted by Crippen LogP contribution is -2.29. The Labute approximate surface area is 103 Å². The number of ether oxygens (including phenoxy) is 1. The van der Waals surface area contributed by atoms with Crippen molar-refractivity contribution in [3.05, 3.63) is 11.9 Å². The van der Waals surface area contributed by atoms with E-state index in [0.29, 0.717) is 12.0 Å². The second-order valence-electron chi connectivity index (χ2n) is 4.82. The van der Waals surface area contributed by atoms with Crippen LogP contribution in [0.1, 0.15) is 38.2 Å². The predicted octanol–water partition coefficient (Wildman–Crippen LogP) is 2.78. The predicted molar refractivity (Wildman–Crippen MR) is 68.4 cm³/mol. The number of nitrogens with one attached hydrogen (secondary N) is 1. The van der Waals surface area contributed by atoms with Gasteiger partial charge in [0, 0.05) is 7.05 Å². The maximum absolute atomic E-state index is 6.05. The molecule has 2 atom stereocenters. The molecule has 0 spiro atoms. The van der Waals surface area contributed by atoms with Gasteiger partial charge >= 0.3 is 0 Å². The number of rotatable bonds is 3. The van der Waals surface area contributed by atoms with Crippen LogP contribution in [0.2, 0.25) is 0 Å². The zero-order valence-corrected chi connectivity index (χ0v) is 10.9. The van der Waals surface area contributed by atoms with Gasteiger partial charge < -0.3 is 10.1 Å². The summed E-state index contributed by atoms with van der Waals surface area (Å²) >= 11 is 0. The van der Waals surface area contributed by atoms with E-state index in [1.165, 1.54) is 19.3 Å². The van der Waals surface area contributed by atoms with E-state index in [4.69, 9.17) is 4.74 Å². The topological polar surface area (TPSA) is 47.0 Å². The summed E-state index contributed by atoms with van der Waals surface area (Å²) in [7, 11) is 1.86. The first-order chi connectivity index (χ1) is 8.22. The van der Waals surface area contributed by atoms with Gasteiger partial charge in [0.2, 0.25) is 5.88 Å². The van der Waals surface area contributed by atoms with Gasteiger partial charge in [0.05, 0.1) is 5.56 Å². The van der Waals surface area contributed by atoms with Crippen LogP contribution in [-0.4, -0.2) is 23.1 Å². The second kappa shape index (κ2) is 5.34. The summed E-state index contributed by atoms with van der Waals surface area (Å²) < 4.78 is 6.05. The molecule has 1 N–H and O–H groups in total. The van der Waals surface area contributed by atoms with Gasteiger partial charge in [0.15, 0.2) is 0 Å². The lowest BCUT2D eigenvalue weighted by molar-refractivity contribution is 0.0967. The van der Waals surface area contributed by atoms with E-state index in [2.05, 4.69) is 22.2 Å². The van der Waals surface area contributed by atoms with Crippen LogP contribution in [0.5, 0.6) is 5.88 Å².